The van der Waals surface area contributed by atoms with E-state index in [1.54, 1.807) is 13.8 Å². The van der Waals surface area contributed by atoms with Crippen molar-refractivity contribution in [3.63, 3.8) is 0 Å². The molecule has 226 valence electrons. The van der Waals surface area contributed by atoms with Crippen LogP contribution in [0.25, 0.3) is 0 Å². The number of hydrogen-bond donors (Lipinski definition) is 6. The molecule has 14 nitrogen and oxygen atoms in total. The summed E-state index contributed by atoms with van der Waals surface area (Å²) in [5.41, 5.74) is 4.58. The van der Waals surface area contributed by atoms with Crippen molar-refractivity contribution in [1.82, 2.24) is 20.0 Å². The molecular formula is C25H37N6O8PS. The summed E-state index contributed by atoms with van der Waals surface area (Å²) >= 11 is 0.957. The van der Waals surface area contributed by atoms with Crippen molar-refractivity contribution in [3.8, 4) is 0 Å². The highest BCUT2D eigenvalue weighted by Crippen LogP contribution is 2.47. The van der Waals surface area contributed by atoms with Gasteiger partial charge in [0.25, 0.3) is 0 Å². The number of fused-ring (bicyclic) bond motifs is 1. The Morgan fingerprint density at radius 3 is 2.78 bits per heavy atom. The smallest absolute Gasteiger partial charge is 0.395 e. The van der Waals surface area contributed by atoms with Crippen LogP contribution >= 0.6 is 19.5 Å². The van der Waals surface area contributed by atoms with Crippen molar-refractivity contribution in [2.24, 2.45) is 16.1 Å². The second-order valence-corrected chi connectivity index (χ2v) is 13.5. The fourth-order valence-corrected chi connectivity index (χ4v) is 6.40. The molecule has 0 spiro atoms. The molecule has 16 heteroatoms. The zero-order valence-corrected chi connectivity index (χ0v) is 24.8. The monoisotopic (exact) mass is 612 g/mol. The Morgan fingerprint density at radius 1 is 1.34 bits per heavy atom. The predicted molar refractivity (Wildman–Crippen MR) is 152 cm³/mol. The lowest BCUT2D eigenvalue weighted by Gasteiger charge is -2.28. The molecule has 0 amide bonds. The van der Waals surface area contributed by atoms with E-state index in [1.807, 2.05) is 30.3 Å². The van der Waals surface area contributed by atoms with Gasteiger partial charge in [-0.1, -0.05) is 42.1 Å². The zero-order valence-electron chi connectivity index (χ0n) is 23.0. The van der Waals surface area contributed by atoms with Gasteiger partial charge >= 0.3 is 7.75 Å². The van der Waals surface area contributed by atoms with Gasteiger partial charge in [0.15, 0.2) is 17.2 Å². The van der Waals surface area contributed by atoms with Gasteiger partial charge in [-0.3, -0.25) is 18.4 Å². The average molecular weight is 613 g/mol. The number of hydrogen-bond acceptors (Lipinski definition) is 13. The van der Waals surface area contributed by atoms with Crippen LogP contribution in [0, 0.1) is 5.41 Å². The van der Waals surface area contributed by atoms with Crippen LogP contribution in [0.15, 0.2) is 41.7 Å². The van der Waals surface area contributed by atoms with Crippen LogP contribution in [0.5, 0.6) is 0 Å². The van der Waals surface area contributed by atoms with E-state index in [0.29, 0.717) is 11.5 Å². The molecule has 7 N–H and O–H groups in total. The van der Waals surface area contributed by atoms with E-state index >= 15 is 0 Å². The molecule has 1 aromatic carbocycles. The minimum Gasteiger partial charge on any atom is -0.395 e. The lowest BCUT2D eigenvalue weighted by molar-refractivity contribution is -0.119. The molecule has 2 aromatic rings. The first-order chi connectivity index (χ1) is 19.4. The summed E-state index contributed by atoms with van der Waals surface area (Å²) in [4.78, 5) is 20.8. The van der Waals surface area contributed by atoms with Crippen molar-refractivity contribution in [2.75, 3.05) is 25.6 Å². The molecule has 1 fully saturated rings. The first kappa shape index (κ1) is 31.8. The maximum absolute atomic E-state index is 13.7. The molecule has 1 aromatic heterocycles. The molecule has 1 saturated heterocycles. The van der Waals surface area contributed by atoms with Crippen molar-refractivity contribution >= 4 is 36.8 Å². The molecule has 6 atom stereocenters. The number of aliphatic hydroxyl groups is 3. The number of aliphatic hydroxyl groups excluding tert-OH is 2. The number of aliphatic imine (C=N–C) groups is 1. The number of aromatic nitrogens is 2. The van der Waals surface area contributed by atoms with Crippen molar-refractivity contribution in [3.05, 3.63) is 47.9 Å². The van der Waals surface area contributed by atoms with E-state index in [2.05, 4.69) is 20.4 Å². The van der Waals surface area contributed by atoms with E-state index in [4.69, 9.17) is 19.5 Å². The van der Waals surface area contributed by atoms with Crippen molar-refractivity contribution in [1.29, 1.82) is 0 Å². The first-order valence-electron chi connectivity index (χ1n) is 13.0. The highest BCUT2D eigenvalue weighted by molar-refractivity contribution is 8.13. The minimum absolute atomic E-state index is 0.0983. The van der Waals surface area contributed by atoms with E-state index in [9.17, 15) is 24.7 Å². The highest BCUT2D eigenvalue weighted by Gasteiger charge is 2.54. The van der Waals surface area contributed by atoms with Crippen LogP contribution in [0.1, 0.15) is 44.4 Å². The van der Waals surface area contributed by atoms with E-state index in [1.165, 1.54) is 24.2 Å². The number of nitrogens with zero attached hydrogens (tertiary/aromatic N) is 3. The van der Waals surface area contributed by atoms with Crippen LogP contribution in [-0.4, -0.2) is 79.7 Å². The van der Waals surface area contributed by atoms with Crippen molar-refractivity contribution in [2.45, 2.75) is 57.5 Å². The summed E-state index contributed by atoms with van der Waals surface area (Å²) in [7, 11) is -3.98. The Kier molecular flexibility index (Phi) is 10.1. The molecule has 2 aliphatic heterocycles. The van der Waals surface area contributed by atoms with Gasteiger partial charge in [-0.25, -0.2) is 19.6 Å². The van der Waals surface area contributed by atoms with E-state index < -0.39 is 50.0 Å². The number of nitrogens with two attached hydrogens (primary N) is 1. The molecule has 0 saturated carbocycles. The maximum Gasteiger partial charge on any atom is 0.405 e. The summed E-state index contributed by atoms with van der Waals surface area (Å²) in [5, 5.41) is 36.9. The van der Waals surface area contributed by atoms with Crippen LogP contribution in [0.2, 0.25) is 0 Å². The zero-order chi connectivity index (χ0) is 29.8. The maximum atomic E-state index is 13.7. The van der Waals surface area contributed by atoms with Crippen molar-refractivity contribution < 1.29 is 38.5 Å². The van der Waals surface area contributed by atoms with Gasteiger partial charge in [0.2, 0.25) is 0 Å². The molecular weight excluding hydrogens is 575 g/mol. The van der Waals surface area contributed by atoms with Gasteiger partial charge < -0.3 is 31.1 Å². The summed E-state index contributed by atoms with van der Waals surface area (Å²) in [6.07, 6.45) is -1.39. The third-order valence-corrected chi connectivity index (χ3v) is 9.53. The lowest BCUT2D eigenvalue weighted by atomic mass is 9.96. The summed E-state index contributed by atoms with van der Waals surface area (Å²) < 4.78 is 32.5. The van der Waals surface area contributed by atoms with E-state index in [0.717, 1.165) is 17.3 Å². The molecule has 3 unspecified atom stereocenters. The number of imidazole rings is 1. The van der Waals surface area contributed by atoms with Gasteiger partial charge in [-0.2, -0.15) is 0 Å². The highest BCUT2D eigenvalue weighted by atomic mass is 32.2. The van der Waals surface area contributed by atoms with Gasteiger partial charge in [-0.15, -0.1) is 0 Å². The Bertz CT molecular complexity index is 1280. The molecule has 0 radical (unpaired) electrons. The van der Waals surface area contributed by atoms with Crippen LogP contribution in [0.4, 0.5) is 5.82 Å². The number of carbonyl (C=O) groups excluding carboxylic acids is 1. The Hall–Kier alpha value is -2.17. The third kappa shape index (κ3) is 7.25. The van der Waals surface area contributed by atoms with Crippen LogP contribution < -0.4 is 16.1 Å². The fourth-order valence-electron chi connectivity index (χ4n) is 4.16. The third-order valence-electron chi connectivity index (χ3n) is 6.79. The summed E-state index contributed by atoms with van der Waals surface area (Å²) in [5.74, 6) is 0.538. The Morgan fingerprint density at radius 2 is 2.07 bits per heavy atom. The van der Waals surface area contributed by atoms with Gasteiger partial charge in [0, 0.05) is 12.3 Å². The molecule has 3 heterocycles. The quantitative estimate of drug-likeness (QED) is 0.140. The molecule has 0 aliphatic carbocycles. The second-order valence-electron chi connectivity index (χ2n) is 10.6. The van der Waals surface area contributed by atoms with Crippen LogP contribution in [-0.2, 0) is 29.7 Å². The van der Waals surface area contributed by atoms with E-state index in [-0.39, 0.29) is 30.6 Å². The molecule has 0 bridgehead atoms. The first-order valence-corrected chi connectivity index (χ1v) is 15.5. The molecule has 41 heavy (non-hydrogen) atoms. The summed E-state index contributed by atoms with van der Waals surface area (Å²) in [6.45, 7) is 4.04. The van der Waals surface area contributed by atoms with Crippen LogP contribution in [0.3, 0.4) is 0 Å². The number of ether oxygens (including phenoxy) is 1. The Balaban J connectivity index is 1.43. The number of carbonyl (C=O) groups is 1. The normalized spacial score (nSPS) is 27.3. The lowest BCUT2D eigenvalue weighted by Crippen LogP contribution is -2.44. The fraction of sp³-hybridized carbons (Fsp3) is 0.560. The Labute approximate surface area is 242 Å². The topological polar surface area (TPSA) is 203 Å². The second kappa shape index (κ2) is 13.0. The number of rotatable bonds is 13. The molecule has 4 rings (SSSR count). The molecule has 2 aliphatic rings. The standard InChI is InChI=1S/C25H37N6O8PS/c1-24(2,13-32)23(34)41-10-9-37-40(36,30-11-16-7-5-4-6-8-16)38-12-17-19(33)25(3,35)22(39-17)31-15-29-18-20(26)27-14-28-21(18)31/h4-8,14-15,17,19-20,22,32-33,35H,9-13,26H2,1-3H3,(H,27,28)(H,30,36)/t17-,19?,20?,22-,25+,40?/m1/s1. The SMILES string of the molecule is CC(C)(CO)C(=O)SCCOP(=O)(NCc1ccccc1)OC[C@H]1O[C@@H](n2cnc3c2N=CNC3N)[C@@](C)(O)C1O. The number of benzene rings is 1. The van der Waals surface area contributed by atoms with Gasteiger partial charge in [-0.05, 0) is 26.3 Å². The summed E-state index contributed by atoms with van der Waals surface area (Å²) in [6, 6.07) is 9.20. The largest absolute Gasteiger partial charge is 0.405 e. The van der Waals surface area contributed by atoms with Gasteiger partial charge in [0.05, 0.1) is 37.9 Å². The predicted octanol–water partition coefficient (Wildman–Crippen LogP) is 1.32. The number of nitrogens with one attached hydrogen (secondary N) is 2. The number of thioether (sulfide) groups is 1. The van der Waals surface area contributed by atoms with Gasteiger partial charge in [0.1, 0.15) is 29.7 Å². The minimum atomic E-state index is -3.98. The average Bonchev–Trinajstić information content (AvgIpc) is 3.48.